The number of phenolic OH excluding ortho intramolecular Hbond substituents is 1. The molecule has 0 bridgehead atoms. The van der Waals surface area contributed by atoms with E-state index in [2.05, 4.69) is 0 Å². The Hall–Kier alpha value is -2.17. The van der Waals surface area contributed by atoms with Gasteiger partial charge in [-0.1, -0.05) is 25.2 Å². The Kier molecular flexibility index (Phi) is 5.31. The maximum atomic E-state index is 12.3. The number of rotatable bonds is 5. The van der Waals surface area contributed by atoms with Gasteiger partial charge in [-0.25, -0.2) is 0 Å². The van der Waals surface area contributed by atoms with Gasteiger partial charge in [0.1, 0.15) is 18.0 Å². The minimum Gasteiger partial charge on any atom is -0.508 e. The second-order valence-electron chi connectivity index (χ2n) is 5.11. The number of aliphatic hydroxyl groups excluding tert-OH is 1. The van der Waals surface area contributed by atoms with Crippen LogP contribution in [-0.4, -0.2) is 35.3 Å². The number of allylic oxidation sites excluding steroid dienone is 4. The molecule has 0 fully saturated rings. The highest BCUT2D eigenvalue weighted by Crippen LogP contribution is 2.19. The van der Waals surface area contributed by atoms with Crippen LogP contribution in [0.2, 0.25) is 0 Å². The zero-order valence-corrected chi connectivity index (χ0v) is 12.7. The fraction of sp³-hybridized carbons (Fsp3) is 0.278. The SMILES string of the molecule is CCc1cc(O)ccc1C(=O)/C=C/C1=CC(OC)C(O)C=C1. The molecule has 0 saturated heterocycles. The number of aryl methyl sites for hydroxylation is 1. The average molecular weight is 300 g/mol. The smallest absolute Gasteiger partial charge is 0.186 e. The second-order valence-corrected chi connectivity index (χ2v) is 5.11. The van der Waals surface area contributed by atoms with E-state index in [0.717, 1.165) is 11.1 Å². The number of hydrogen-bond acceptors (Lipinski definition) is 4. The lowest BCUT2D eigenvalue weighted by Gasteiger charge is -2.19. The van der Waals surface area contributed by atoms with Crippen molar-refractivity contribution in [3.05, 3.63) is 65.3 Å². The van der Waals surface area contributed by atoms with Crippen LogP contribution in [0.1, 0.15) is 22.8 Å². The summed E-state index contributed by atoms with van der Waals surface area (Å²) in [4.78, 5) is 12.3. The Morgan fingerprint density at radius 2 is 2.18 bits per heavy atom. The number of carbonyl (C=O) groups is 1. The molecule has 2 rings (SSSR count). The topological polar surface area (TPSA) is 66.8 Å². The van der Waals surface area contributed by atoms with Crippen molar-refractivity contribution in [2.75, 3.05) is 7.11 Å². The normalized spacial score (nSPS) is 21.1. The van der Waals surface area contributed by atoms with Gasteiger partial charge in [-0.3, -0.25) is 4.79 Å². The highest BCUT2D eigenvalue weighted by atomic mass is 16.5. The molecule has 1 aliphatic carbocycles. The molecule has 0 aliphatic heterocycles. The maximum Gasteiger partial charge on any atom is 0.186 e. The number of benzene rings is 1. The third-order valence-electron chi connectivity index (χ3n) is 3.61. The summed E-state index contributed by atoms with van der Waals surface area (Å²) in [5, 5.41) is 19.1. The van der Waals surface area contributed by atoms with Crippen LogP contribution in [0.4, 0.5) is 0 Å². The number of phenols is 1. The Morgan fingerprint density at radius 3 is 2.86 bits per heavy atom. The molecule has 4 heteroatoms. The van der Waals surface area contributed by atoms with E-state index in [1.165, 1.54) is 19.3 Å². The molecule has 1 aliphatic rings. The van der Waals surface area contributed by atoms with Crippen molar-refractivity contribution in [1.82, 2.24) is 0 Å². The highest BCUT2D eigenvalue weighted by molar-refractivity contribution is 6.06. The summed E-state index contributed by atoms with van der Waals surface area (Å²) in [6, 6.07) is 4.75. The summed E-state index contributed by atoms with van der Waals surface area (Å²) in [5.41, 5.74) is 2.20. The Balaban J connectivity index is 2.17. The van der Waals surface area contributed by atoms with E-state index in [1.54, 1.807) is 36.4 Å². The quantitative estimate of drug-likeness (QED) is 0.648. The first kappa shape index (κ1) is 16.2. The molecule has 0 spiro atoms. The van der Waals surface area contributed by atoms with E-state index in [0.29, 0.717) is 12.0 Å². The molecular weight excluding hydrogens is 280 g/mol. The standard InChI is InChI=1S/C18H20O4/c1-3-13-11-14(19)6-7-15(13)16(20)8-4-12-5-9-17(21)18(10-12)22-2/h4-11,17-19,21H,3H2,1-2H3/b8-4+. The van der Waals surface area contributed by atoms with Crippen molar-refractivity contribution >= 4 is 5.78 Å². The van der Waals surface area contributed by atoms with E-state index >= 15 is 0 Å². The molecule has 0 amide bonds. The number of aliphatic hydroxyl groups is 1. The van der Waals surface area contributed by atoms with Crippen LogP contribution in [0.25, 0.3) is 0 Å². The summed E-state index contributed by atoms with van der Waals surface area (Å²) in [7, 11) is 1.53. The number of aromatic hydroxyl groups is 1. The number of carbonyl (C=O) groups excluding carboxylic acids is 1. The zero-order chi connectivity index (χ0) is 16.1. The van der Waals surface area contributed by atoms with Crippen molar-refractivity contribution in [2.24, 2.45) is 0 Å². The van der Waals surface area contributed by atoms with Gasteiger partial charge in [-0.2, -0.15) is 0 Å². The minimum absolute atomic E-state index is 0.119. The lowest BCUT2D eigenvalue weighted by molar-refractivity contribution is 0.0412. The molecule has 2 atom stereocenters. The van der Waals surface area contributed by atoms with E-state index in [1.807, 2.05) is 6.92 Å². The van der Waals surface area contributed by atoms with Crippen LogP contribution in [0, 0.1) is 0 Å². The average Bonchev–Trinajstić information content (AvgIpc) is 2.53. The third-order valence-corrected chi connectivity index (χ3v) is 3.61. The van der Waals surface area contributed by atoms with Gasteiger partial charge < -0.3 is 14.9 Å². The predicted molar refractivity (Wildman–Crippen MR) is 85.0 cm³/mol. The van der Waals surface area contributed by atoms with Crippen LogP contribution >= 0.6 is 0 Å². The Morgan fingerprint density at radius 1 is 1.41 bits per heavy atom. The first-order valence-corrected chi connectivity index (χ1v) is 7.20. The second kappa shape index (κ2) is 7.20. The van der Waals surface area contributed by atoms with Crippen LogP contribution in [0.5, 0.6) is 5.75 Å². The molecule has 22 heavy (non-hydrogen) atoms. The first-order valence-electron chi connectivity index (χ1n) is 7.20. The van der Waals surface area contributed by atoms with Crippen LogP contribution in [-0.2, 0) is 11.2 Å². The van der Waals surface area contributed by atoms with Crippen LogP contribution in [0.3, 0.4) is 0 Å². The van der Waals surface area contributed by atoms with Gasteiger partial charge in [0.05, 0.1) is 0 Å². The molecule has 116 valence electrons. The van der Waals surface area contributed by atoms with E-state index < -0.39 is 12.2 Å². The van der Waals surface area contributed by atoms with Gasteiger partial charge in [0.25, 0.3) is 0 Å². The van der Waals surface area contributed by atoms with Gasteiger partial charge in [-0.05, 0) is 47.9 Å². The molecule has 1 aromatic carbocycles. The van der Waals surface area contributed by atoms with Gasteiger partial charge in [-0.15, -0.1) is 0 Å². The largest absolute Gasteiger partial charge is 0.508 e. The van der Waals surface area contributed by atoms with Crippen molar-refractivity contribution in [3.63, 3.8) is 0 Å². The Labute approximate surface area is 130 Å². The molecule has 0 heterocycles. The minimum atomic E-state index is -0.665. The fourth-order valence-corrected chi connectivity index (χ4v) is 2.36. The number of methoxy groups -OCH3 is 1. The van der Waals surface area contributed by atoms with E-state index in [-0.39, 0.29) is 11.5 Å². The molecule has 0 aromatic heterocycles. The van der Waals surface area contributed by atoms with Crippen molar-refractivity contribution in [2.45, 2.75) is 25.6 Å². The van der Waals surface area contributed by atoms with Gasteiger partial charge in [0.15, 0.2) is 5.78 Å². The van der Waals surface area contributed by atoms with Crippen molar-refractivity contribution in [1.29, 1.82) is 0 Å². The predicted octanol–water partition coefficient (Wildman–Crippen LogP) is 2.57. The van der Waals surface area contributed by atoms with Crippen LogP contribution in [0.15, 0.2) is 54.2 Å². The van der Waals surface area contributed by atoms with Gasteiger partial charge >= 0.3 is 0 Å². The summed E-state index contributed by atoms with van der Waals surface area (Å²) in [6.07, 6.45) is 7.95. The summed E-state index contributed by atoms with van der Waals surface area (Å²) < 4.78 is 5.15. The Bertz CT molecular complexity index is 640. The fourth-order valence-electron chi connectivity index (χ4n) is 2.36. The zero-order valence-electron chi connectivity index (χ0n) is 12.7. The molecular formula is C18H20O4. The number of ketones is 1. The van der Waals surface area contributed by atoms with Crippen LogP contribution < -0.4 is 0 Å². The number of ether oxygens (including phenoxy) is 1. The van der Waals surface area contributed by atoms with Gasteiger partial charge in [0, 0.05) is 12.7 Å². The van der Waals surface area contributed by atoms with Crippen molar-refractivity contribution < 1.29 is 19.7 Å². The maximum absolute atomic E-state index is 12.3. The van der Waals surface area contributed by atoms with Gasteiger partial charge in [0.2, 0.25) is 0 Å². The first-order chi connectivity index (χ1) is 10.5. The lowest BCUT2D eigenvalue weighted by Crippen LogP contribution is -2.26. The third kappa shape index (κ3) is 3.72. The monoisotopic (exact) mass is 300 g/mol. The highest BCUT2D eigenvalue weighted by Gasteiger charge is 2.17. The van der Waals surface area contributed by atoms with E-state index in [4.69, 9.17) is 4.74 Å². The summed E-state index contributed by atoms with van der Waals surface area (Å²) >= 11 is 0. The molecule has 0 saturated carbocycles. The van der Waals surface area contributed by atoms with E-state index in [9.17, 15) is 15.0 Å². The molecule has 2 unspecified atom stereocenters. The molecule has 0 radical (unpaired) electrons. The van der Waals surface area contributed by atoms with Crippen molar-refractivity contribution in [3.8, 4) is 5.75 Å². The molecule has 1 aromatic rings. The summed E-state index contributed by atoms with van der Waals surface area (Å²) in [6.45, 7) is 1.94. The summed E-state index contributed by atoms with van der Waals surface area (Å²) in [5.74, 6) is 0.0402. The lowest BCUT2D eigenvalue weighted by atomic mass is 9.98. The molecule has 2 N–H and O–H groups in total. The molecule has 4 nitrogen and oxygen atoms in total. The number of hydrogen-bond donors (Lipinski definition) is 2.